The Bertz CT molecular complexity index is 411. The second-order valence-electron chi connectivity index (χ2n) is 5.71. The maximum Gasteiger partial charge on any atom is 0.318 e. The molecule has 0 radical (unpaired) electrons. The molecule has 1 rings (SSSR count). The van der Waals surface area contributed by atoms with Crippen molar-refractivity contribution in [2.24, 2.45) is 11.8 Å². The minimum atomic E-state index is -0.176. The first-order valence-corrected chi connectivity index (χ1v) is 9.04. The fourth-order valence-electron chi connectivity index (χ4n) is 1.91. The zero-order chi connectivity index (χ0) is 15.7. The van der Waals surface area contributed by atoms with Gasteiger partial charge in [0.1, 0.15) is 10.5 Å². The lowest BCUT2D eigenvalue weighted by Gasteiger charge is -2.22. The van der Waals surface area contributed by atoms with Gasteiger partial charge < -0.3 is 8.61 Å². The summed E-state index contributed by atoms with van der Waals surface area (Å²) in [6.45, 7) is 6.68. The first kappa shape index (κ1) is 18.3. The summed E-state index contributed by atoms with van der Waals surface area (Å²) in [5.74, 6) is 1.08. The van der Waals surface area contributed by atoms with E-state index in [9.17, 15) is 4.79 Å². The third-order valence-corrected chi connectivity index (χ3v) is 5.15. The van der Waals surface area contributed by atoms with Crippen LogP contribution in [0.3, 0.4) is 0 Å². The Morgan fingerprint density at radius 1 is 1.24 bits per heavy atom. The van der Waals surface area contributed by atoms with E-state index in [0.717, 1.165) is 29.8 Å². The van der Waals surface area contributed by atoms with Gasteiger partial charge in [-0.15, -0.1) is 0 Å². The molecule has 1 aromatic rings. The summed E-state index contributed by atoms with van der Waals surface area (Å²) in [4.78, 5) is 12.7. The molecule has 3 nitrogen and oxygen atoms in total. The van der Waals surface area contributed by atoms with E-state index in [1.807, 2.05) is 30.3 Å². The van der Waals surface area contributed by atoms with E-state index in [1.54, 1.807) is 0 Å². The molecule has 0 aliphatic heterocycles. The number of benzene rings is 1. The maximum atomic E-state index is 11.8. The van der Waals surface area contributed by atoms with Crippen LogP contribution in [0.4, 0.5) is 0 Å². The van der Waals surface area contributed by atoms with Gasteiger partial charge in [-0.2, -0.15) is 0 Å². The third kappa shape index (κ3) is 7.69. The van der Waals surface area contributed by atoms with Gasteiger partial charge in [0.15, 0.2) is 0 Å². The van der Waals surface area contributed by atoms with E-state index >= 15 is 0 Å². The van der Waals surface area contributed by atoms with Crippen LogP contribution in [0.2, 0.25) is 0 Å². The number of hydrogen-bond donors (Lipinski definition) is 0. The minimum absolute atomic E-state index is 0.176. The van der Waals surface area contributed by atoms with Gasteiger partial charge in [-0.1, -0.05) is 39.0 Å². The Morgan fingerprint density at radius 2 is 1.90 bits per heavy atom. The van der Waals surface area contributed by atoms with Crippen LogP contribution in [0.15, 0.2) is 35.2 Å². The van der Waals surface area contributed by atoms with Crippen molar-refractivity contribution >= 4 is 28.5 Å². The summed E-state index contributed by atoms with van der Waals surface area (Å²) in [7, 11) is 0.709. The Kier molecular flexibility index (Phi) is 8.72. The lowest BCUT2D eigenvalue weighted by atomic mass is 9.91. The molecule has 0 aliphatic carbocycles. The fraction of sp³-hybridized carbons (Fsp3) is 0.562. The molecule has 0 heterocycles. The average molecular weight is 327 g/mol. The molecule has 2 atom stereocenters. The van der Waals surface area contributed by atoms with Crippen LogP contribution < -0.4 is 0 Å². The maximum absolute atomic E-state index is 11.8. The van der Waals surface area contributed by atoms with Gasteiger partial charge in [0.05, 0.1) is 12.0 Å². The summed E-state index contributed by atoms with van der Waals surface area (Å²) in [5, 5.41) is 0. The normalized spacial score (nSPS) is 14.1. The molecule has 0 saturated heterocycles. The minimum Gasteiger partial charge on any atom is -0.425 e. The number of hydrogen-bond acceptors (Lipinski definition) is 4. The fourth-order valence-corrected chi connectivity index (χ4v) is 2.88. The van der Waals surface area contributed by atoms with Crippen LogP contribution in [0.5, 0.6) is 0 Å². The molecule has 0 fully saturated rings. The Morgan fingerprint density at radius 3 is 2.48 bits per heavy atom. The zero-order valence-electron chi connectivity index (χ0n) is 13.4. The van der Waals surface area contributed by atoms with Crippen LogP contribution in [0.1, 0.15) is 40.0 Å². The van der Waals surface area contributed by atoms with Crippen LogP contribution in [0.25, 0.3) is 0 Å². The molecule has 0 aromatic heterocycles. The lowest BCUT2D eigenvalue weighted by Crippen LogP contribution is -2.19. The molecule has 0 bridgehead atoms. The molecule has 0 spiro atoms. The summed E-state index contributed by atoms with van der Waals surface area (Å²) in [6, 6.07) is 9.64. The van der Waals surface area contributed by atoms with E-state index in [0.29, 0.717) is 28.7 Å². The van der Waals surface area contributed by atoms with Crippen LogP contribution >= 0.6 is 12.0 Å². The molecule has 21 heavy (non-hydrogen) atoms. The van der Waals surface area contributed by atoms with Crippen molar-refractivity contribution < 1.29 is 13.4 Å². The lowest BCUT2D eigenvalue weighted by molar-refractivity contribution is -0.133. The quantitative estimate of drug-likeness (QED) is 0.515. The molecule has 0 saturated carbocycles. The molecule has 0 aliphatic rings. The van der Waals surface area contributed by atoms with E-state index < -0.39 is 0 Å². The van der Waals surface area contributed by atoms with E-state index in [-0.39, 0.29) is 12.1 Å². The second-order valence-corrected chi connectivity index (χ2v) is 6.98. The molecule has 0 amide bonds. The van der Waals surface area contributed by atoms with Gasteiger partial charge in [0.25, 0.3) is 0 Å². The van der Waals surface area contributed by atoms with Gasteiger partial charge in [-0.3, -0.25) is 4.79 Å². The van der Waals surface area contributed by atoms with Gasteiger partial charge in [0.2, 0.25) is 0 Å². The first-order valence-electron chi connectivity index (χ1n) is 7.48. The molecule has 0 N–H and O–H groups in total. The molecular weight excluding hydrogens is 300 g/mol. The largest absolute Gasteiger partial charge is 0.425 e. The van der Waals surface area contributed by atoms with Gasteiger partial charge in [-0.05, 0) is 36.8 Å². The Hall–Kier alpha value is -0.783. The second kappa shape index (κ2) is 10.0. The molecule has 5 heteroatoms. The van der Waals surface area contributed by atoms with Gasteiger partial charge in [-0.25, -0.2) is 0 Å². The standard InChI is InChI=1S/C16H26O3SSi/c1-12(2)13(3)11-14(19-21)9-10-16(17)18-20-15-7-5-4-6-8-15/h4-8,12-14H,9-11H2,1-3,21H3. The van der Waals surface area contributed by atoms with E-state index in [4.69, 9.17) is 8.61 Å². The van der Waals surface area contributed by atoms with Crippen molar-refractivity contribution in [3.63, 3.8) is 0 Å². The molecule has 2 unspecified atom stereocenters. The van der Waals surface area contributed by atoms with Crippen molar-refractivity contribution in [1.29, 1.82) is 0 Å². The number of carbonyl (C=O) groups is 1. The van der Waals surface area contributed by atoms with Crippen LogP contribution in [-0.4, -0.2) is 22.6 Å². The predicted octanol–water partition coefficient (Wildman–Crippen LogP) is 3.36. The highest BCUT2D eigenvalue weighted by molar-refractivity contribution is 7.95. The monoisotopic (exact) mass is 326 g/mol. The predicted molar refractivity (Wildman–Crippen MR) is 91.1 cm³/mol. The number of rotatable bonds is 9. The first-order chi connectivity index (χ1) is 10.0. The summed E-state index contributed by atoms with van der Waals surface area (Å²) in [6.07, 6.45) is 2.36. The SMILES string of the molecule is CC(C)C(C)CC(CCC(=O)OSc1ccccc1)O[SiH3]. The Balaban J connectivity index is 2.27. The average Bonchev–Trinajstić information content (AvgIpc) is 2.49. The number of carbonyl (C=O) groups excluding carboxylic acids is 1. The van der Waals surface area contributed by atoms with Gasteiger partial charge >= 0.3 is 5.97 Å². The molecule has 1 aromatic carbocycles. The summed E-state index contributed by atoms with van der Waals surface area (Å²) in [5.41, 5.74) is 0. The van der Waals surface area contributed by atoms with E-state index in [1.165, 1.54) is 0 Å². The van der Waals surface area contributed by atoms with Crippen molar-refractivity contribution in [3.8, 4) is 0 Å². The topological polar surface area (TPSA) is 35.5 Å². The highest BCUT2D eigenvalue weighted by atomic mass is 32.2. The van der Waals surface area contributed by atoms with E-state index in [2.05, 4.69) is 20.8 Å². The highest BCUT2D eigenvalue weighted by Crippen LogP contribution is 2.22. The van der Waals surface area contributed by atoms with Crippen molar-refractivity contribution in [1.82, 2.24) is 0 Å². The summed E-state index contributed by atoms with van der Waals surface area (Å²) < 4.78 is 10.8. The Labute approximate surface area is 135 Å². The van der Waals surface area contributed by atoms with Crippen molar-refractivity contribution in [2.45, 2.75) is 51.0 Å². The zero-order valence-corrected chi connectivity index (χ0v) is 16.2. The summed E-state index contributed by atoms with van der Waals surface area (Å²) >= 11 is 1.12. The molecule has 118 valence electrons. The highest BCUT2D eigenvalue weighted by Gasteiger charge is 2.16. The smallest absolute Gasteiger partial charge is 0.318 e. The molecular formula is C16H26O3SSi. The third-order valence-electron chi connectivity index (χ3n) is 3.75. The van der Waals surface area contributed by atoms with Crippen molar-refractivity contribution in [3.05, 3.63) is 30.3 Å². The van der Waals surface area contributed by atoms with Crippen LogP contribution in [0, 0.1) is 11.8 Å². The van der Waals surface area contributed by atoms with Crippen LogP contribution in [-0.2, 0) is 13.4 Å². The van der Waals surface area contributed by atoms with Gasteiger partial charge in [0, 0.05) is 17.4 Å². The van der Waals surface area contributed by atoms with Crippen molar-refractivity contribution in [2.75, 3.05) is 0 Å².